The summed E-state index contributed by atoms with van der Waals surface area (Å²) in [7, 11) is 1.56. The lowest BCUT2D eigenvalue weighted by molar-refractivity contribution is -0.162. The maximum atomic E-state index is 9.38. The third kappa shape index (κ3) is 4.05. The van der Waals surface area contributed by atoms with E-state index in [0.717, 1.165) is 5.56 Å². The van der Waals surface area contributed by atoms with E-state index in [4.69, 9.17) is 18.9 Å². The topological polar surface area (TPSA) is 57.2 Å². The van der Waals surface area contributed by atoms with E-state index < -0.39 is 6.10 Å². The van der Waals surface area contributed by atoms with E-state index in [0.29, 0.717) is 6.61 Å². The van der Waals surface area contributed by atoms with Gasteiger partial charge in [-0.2, -0.15) is 0 Å². The van der Waals surface area contributed by atoms with Gasteiger partial charge in [-0.05, 0) is 11.6 Å². The van der Waals surface area contributed by atoms with Crippen molar-refractivity contribution in [2.75, 3.05) is 20.5 Å². The van der Waals surface area contributed by atoms with Crippen molar-refractivity contribution in [3.05, 3.63) is 48.2 Å². The van der Waals surface area contributed by atoms with Crippen molar-refractivity contribution < 1.29 is 24.1 Å². The molecule has 0 spiro atoms. The van der Waals surface area contributed by atoms with Crippen molar-refractivity contribution in [2.24, 2.45) is 0 Å². The molecule has 110 valence electrons. The second kappa shape index (κ2) is 8.01. The fourth-order valence-electron chi connectivity index (χ4n) is 2.03. The summed E-state index contributed by atoms with van der Waals surface area (Å²) in [4.78, 5) is 0. The van der Waals surface area contributed by atoms with Crippen molar-refractivity contribution in [3.63, 3.8) is 0 Å². The van der Waals surface area contributed by atoms with Crippen LogP contribution in [0.1, 0.15) is 5.56 Å². The Morgan fingerprint density at radius 1 is 1.20 bits per heavy atom. The quantitative estimate of drug-likeness (QED) is 0.766. The van der Waals surface area contributed by atoms with Crippen molar-refractivity contribution >= 4 is 0 Å². The van der Waals surface area contributed by atoms with Crippen LogP contribution in [0.25, 0.3) is 0 Å². The van der Waals surface area contributed by atoms with Gasteiger partial charge in [-0.25, -0.2) is 0 Å². The molecule has 0 radical (unpaired) electrons. The van der Waals surface area contributed by atoms with Crippen LogP contribution >= 0.6 is 0 Å². The number of hydrogen-bond donors (Lipinski definition) is 1. The minimum Gasteiger partial charge on any atom is -0.493 e. The van der Waals surface area contributed by atoms with E-state index >= 15 is 0 Å². The van der Waals surface area contributed by atoms with Crippen molar-refractivity contribution in [1.29, 1.82) is 0 Å². The largest absolute Gasteiger partial charge is 0.493 e. The number of aliphatic hydroxyl groups excluding tert-OH is 1. The third-order valence-corrected chi connectivity index (χ3v) is 3.06. The summed E-state index contributed by atoms with van der Waals surface area (Å²) in [6, 6.07) is 9.84. The number of rotatable bonds is 7. The van der Waals surface area contributed by atoms with E-state index in [2.05, 4.69) is 0 Å². The van der Waals surface area contributed by atoms with Gasteiger partial charge >= 0.3 is 0 Å². The predicted molar refractivity (Wildman–Crippen MR) is 72.9 cm³/mol. The summed E-state index contributed by atoms with van der Waals surface area (Å²) < 4.78 is 21.7. The molecule has 2 rings (SSSR count). The Morgan fingerprint density at radius 2 is 2.00 bits per heavy atom. The highest BCUT2D eigenvalue weighted by molar-refractivity contribution is 5.13. The van der Waals surface area contributed by atoms with Gasteiger partial charge in [0.25, 0.3) is 0 Å². The molecule has 0 saturated carbocycles. The third-order valence-electron chi connectivity index (χ3n) is 3.06. The number of aliphatic hydroxyl groups is 1. The summed E-state index contributed by atoms with van der Waals surface area (Å²) in [5.41, 5.74) is 1.06. The highest BCUT2D eigenvalue weighted by atomic mass is 16.7. The molecule has 1 N–H and O–H groups in total. The highest BCUT2D eigenvalue weighted by Crippen LogP contribution is 2.20. The summed E-state index contributed by atoms with van der Waals surface area (Å²) in [6.45, 7) is 0.473. The molecule has 5 heteroatoms. The Kier molecular flexibility index (Phi) is 6.01. The Hall–Kier alpha value is -1.40. The predicted octanol–water partition coefficient (Wildman–Crippen LogP) is 1.47. The van der Waals surface area contributed by atoms with E-state index in [9.17, 15) is 5.11 Å². The molecule has 0 saturated heterocycles. The Labute approximate surface area is 118 Å². The molecule has 3 atom stereocenters. The lowest BCUT2D eigenvalue weighted by Gasteiger charge is -2.33. The first-order valence-electron chi connectivity index (χ1n) is 6.54. The number of methoxy groups -OCH3 is 1. The van der Waals surface area contributed by atoms with Gasteiger partial charge in [0, 0.05) is 7.11 Å². The molecule has 0 aliphatic carbocycles. The molecule has 20 heavy (non-hydrogen) atoms. The zero-order chi connectivity index (χ0) is 14.2. The average molecular weight is 280 g/mol. The van der Waals surface area contributed by atoms with E-state index in [1.54, 1.807) is 13.2 Å². The lowest BCUT2D eigenvalue weighted by Crippen LogP contribution is -2.45. The van der Waals surface area contributed by atoms with Crippen LogP contribution in [0.5, 0.6) is 0 Å². The maximum Gasteiger partial charge on any atom is 0.150 e. The van der Waals surface area contributed by atoms with Crippen LogP contribution in [-0.4, -0.2) is 43.9 Å². The molecular weight excluding hydrogens is 260 g/mol. The van der Waals surface area contributed by atoms with E-state index in [1.807, 2.05) is 30.3 Å². The van der Waals surface area contributed by atoms with Gasteiger partial charge in [-0.15, -0.1) is 0 Å². The van der Waals surface area contributed by atoms with Crippen molar-refractivity contribution in [2.45, 2.75) is 24.9 Å². The SMILES string of the molecule is COCO[C@@H]1C=CO[C@H](CO)[C@H]1OCc1ccccc1. The van der Waals surface area contributed by atoms with Gasteiger partial charge in [0.05, 0.1) is 19.5 Å². The van der Waals surface area contributed by atoms with Gasteiger partial charge in [-0.3, -0.25) is 0 Å². The summed E-state index contributed by atoms with van der Waals surface area (Å²) >= 11 is 0. The van der Waals surface area contributed by atoms with Gasteiger partial charge in [0.2, 0.25) is 0 Å². The first kappa shape index (κ1) is 15.0. The van der Waals surface area contributed by atoms with Gasteiger partial charge in [0.15, 0.2) is 0 Å². The van der Waals surface area contributed by atoms with Gasteiger partial charge < -0.3 is 24.1 Å². The molecule has 0 aromatic heterocycles. The Bertz CT molecular complexity index is 406. The molecule has 1 aromatic rings. The summed E-state index contributed by atoms with van der Waals surface area (Å²) in [5, 5.41) is 9.38. The first-order valence-corrected chi connectivity index (χ1v) is 6.54. The minimum absolute atomic E-state index is 0.128. The molecule has 0 bridgehead atoms. The molecular formula is C15H20O5. The maximum absolute atomic E-state index is 9.38. The van der Waals surface area contributed by atoms with Crippen LogP contribution in [0.4, 0.5) is 0 Å². The van der Waals surface area contributed by atoms with Crippen molar-refractivity contribution in [3.8, 4) is 0 Å². The van der Waals surface area contributed by atoms with Crippen LogP contribution < -0.4 is 0 Å². The zero-order valence-corrected chi connectivity index (χ0v) is 11.5. The Balaban J connectivity index is 1.97. The van der Waals surface area contributed by atoms with Crippen LogP contribution in [0, 0.1) is 0 Å². The number of ether oxygens (including phenoxy) is 4. The van der Waals surface area contributed by atoms with Gasteiger partial charge in [0.1, 0.15) is 25.1 Å². The first-order chi connectivity index (χ1) is 9.85. The second-order valence-electron chi connectivity index (χ2n) is 4.48. The smallest absolute Gasteiger partial charge is 0.150 e. The molecule has 1 aliphatic rings. The summed E-state index contributed by atoms with van der Waals surface area (Å²) in [5.74, 6) is 0. The molecule has 1 heterocycles. The summed E-state index contributed by atoms with van der Waals surface area (Å²) in [6.07, 6.45) is 2.18. The number of hydrogen-bond acceptors (Lipinski definition) is 5. The lowest BCUT2D eigenvalue weighted by atomic mass is 10.1. The van der Waals surface area contributed by atoms with E-state index in [-0.39, 0.29) is 25.6 Å². The Morgan fingerprint density at radius 3 is 2.70 bits per heavy atom. The standard InChI is InChI=1S/C15H20O5/c1-17-11-20-13-7-8-18-14(9-16)15(13)19-10-12-5-3-2-4-6-12/h2-8,13-16H,9-11H2,1H3/t13-,14-,15+/m1/s1. The fourth-order valence-corrected chi connectivity index (χ4v) is 2.03. The molecule has 1 aromatic carbocycles. The zero-order valence-electron chi connectivity index (χ0n) is 11.5. The highest BCUT2D eigenvalue weighted by Gasteiger charge is 2.33. The molecule has 1 aliphatic heterocycles. The minimum atomic E-state index is -0.439. The normalized spacial score (nSPS) is 25.4. The molecule has 0 unspecified atom stereocenters. The fraction of sp³-hybridized carbons (Fsp3) is 0.467. The van der Waals surface area contributed by atoms with Crippen LogP contribution in [0.3, 0.4) is 0 Å². The molecule has 5 nitrogen and oxygen atoms in total. The van der Waals surface area contributed by atoms with Crippen LogP contribution in [0.15, 0.2) is 42.7 Å². The van der Waals surface area contributed by atoms with Crippen LogP contribution in [0.2, 0.25) is 0 Å². The molecule has 0 amide bonds. The second-order valence-corrected chi connectivity index (χ2v) is 4.48. The average Bonchev–Trinajstić information content (AvgIpc) is 2.52. The van der Waals surface area contributed by atoms with Gasteiger partial charge in [-0.1, -0.05) is 30.3 Å². The molecule has 0 fully saturated rings. The van der Waals surface area contributed by atoms with Crippen LogP contribution in [-0.2, 0) is 25.6 Å². The number of benzene rings is 1. The van der Waals surface area contributed by atoms with E-state index in [1.165, 1.54) is 6.26 Å². The monoisotopic (exact) mass is 280 g/mol. The van der Waals surface area contributed by atoms with Crippen molar-refractivity contribution in [1.82, 2.24) is 0 Å².